The molecule has 0 bridgehead atoms. The van der Waals surface area contributed by atoms with Crippen LogP contribution in [0.3, 0.4) is 0 Å². The molecule has 4 nitrogen and oxygen atoms in total. The average Bonchev–Trinajstić information content (AvgIpc) is 2.95. The maximum Gasteiger partial charge on any atom is 0.119 e. The summed E-state index contributed by atoms with van der Waals surface area (Å²) in [6.45, 7) is 2.44. The third-order valence-corrected chi connectivity index (χ3v) is 3.52. The van der Waals surface area contributed by atoms with Crippen LogP contribution in [0.1, 0.15) is 16.8 Å². The van der Waals surface area contributed by atoms with Gasteiger partial charge in [-0.25, -0.2) is 4.68 Å². The molecule has 1 aromatic heterocycles. The van der Waals surface area contributed by atoms with Gasteiger partial charge in [-0.15, -0.1) is 0 Å². The van der Waals surface area contributed by atoms with Crippen LogP contribution in [-0.4, -0.2) is 14.9 Å². The van der Waals surface area contributed by atoms with Crippen molar-refractivity contribution in [2.24, 2.45) is 0 Å². The minimum Gasteiger partial charge on any atom is -0.489 e. The second-order valence-electron chi connectivity index (χ2n) is 5.11. The van der Waals surface area contributed by atoms with Crippen molar-refractivity contribution in [2.75, 3.05) is 0 Å². The zero-order valence-corrected chi connectivity index (χ0v) is 12.4. The lowest BCUT2D eigenvalue weighted by atomic mass is 10.2. The SMILES string of the molecule is Cc1nn(-c2ccc(OCc3ccccc3)cc2)cc1CO. The molecular weight excluding hydrogens is 276 g/mol. The van der Waals surface area contributed by atoms with Gasteiger partial charge in [0.25, 0.3) is 0 Å². The topological polar surface area (TPSA) is 47.3 Å². The number of rotatable bonds is 5. The molecule has 0 fully saturated rings. The van der Waals surface area contributed by atoms with Crippen LogP contribution in [0.4, 0.5) is 0 Å². The molecule has 3 rings (SSSR count). The first-order valence-electron chi connectivity index (χ1n) is 7.19. The normalized spacial score (nSPS) is 10.6. The summed E-state index contributed by atoms with van der Waals surface area (Å²) in [5.74, 6) is 0.818. The predicted octanol–water partition coefficient (Wildman–Crippen LogP) is 3.25. The van der Waals surface area contributed by atoms with Crippen molar-refractivity contribution in [3.63, 3.8) is 0 Å². The summed E-state index contributed by atoms with van der Waals surface area (Å²) < 4.78 is 7.53. The first-order chi connectivity index (χ1) is 10.8. The van der Waals surface area contributed by atoms with E-state index in [0.29, 0.717) is 6.61 Å². The maximum absolute atomic E-state index is 9.23. The number of aliphatic hydroxyl groups excluding tert-OH is 1. The Morgan fingerprint density at radius 1 is 1.05 bits per heavy atom. The molecule has 1 heterocycles. The van der Waals surface area contributed by atoms with Crippen molar-refractivity contribution < 1.29 is 9.84 Å². The van der Waals surface area contributed by atoms with Gasteiger partial charge in [-0.05, 0) is 36.8 Å². The maximum atomic E-state index is 9.23. The third kappa shape index (κ3) is 3.18. The fraction of sp³-hybridized carbons (Fsp3) is 0.167. The van der Waals surface area contributed by atoms with Crippen molar-refractivity contribution in [3.05, 3.63) is 77.6 Å². The molecule has 0 saturated carbocycles. The Hall–Kier alpha value is -2.59. The number of benzene rings is 2. The third-order valence-electron chi connectivity index (χ3n) is 3.52. The number of aliphatic hydroxyl groups is 1. The van der Waals surface area contributed by atoms with Crippen molar-refractivity contribution in [3.8, 4) is 11.4 Å². The minimum absolute atomic E-state index is 0.00407. The average molecular weight is 294 g/mol. The fourth-order valence-corrected chi connectivity index (χ4v) is 2.22. The molecule has 112 valence electrons. The van der Waals surface area contributed by atoms with Crippen LogP contribution >= 0.6 is 0 Å². The van der Waals surface area contributed by atoms with Gasteiger partial charge in [-0.3, -0.25) is 0 Å². The van der Waals surface area contributed by atoms with E-state index in [0.717, 1.165) is 28.3 Å². The van der Waals surface area contributed by atoms with Gasteiger partial charge in [0.1, 0.15) is 12.4 Å². The molecule has 1 N–H and O–H groups in total. The molecule has 0 saturated heterocycles. The van der Waals surface area contributed by atoms with Gasteiger partial charge in [0.2, 0.25) is 0 Å². The molecular formula is C18H18N2O2. The van der Waals surface area contributed by atoms with E-state index < -0.39 is 0 Å². The lowest BCUT2D eigenvalue weighted by molar-refractivity contribution is 0.281. The Labute approximate surface area is 129 Å². The molecule has 0 aliphatic carbocycles. The van der Waals surface area contributed by atoms with Crippen LogP contribution in [0.5, 0.6) is 5.75 Å². The van der Waals surface area contributed by atoms with E-state index >= 15 is 0 Å². The van der Waals surface area contributed by atoms with E-state index in [1.807, 2.05) is 67.7 Å². The highest BCUT2D eigenvalue weighted by molar-refractivity contribution is 5.38. The zero-order chi connectivity index (χ0) is 15.4. The summed E-state index contributed by atoms with van der Waals surface area (Å²) in [5, 5.41) is 13.6. The Morgan fingerprint density at radius 2 is 1.77 bits per heavy atom. The summed E-state index contributed by atoms with van der Waals surface area (Å²) in [7, 11) is 0. The quantitative estimate of drug-likeness (QED) is 0.785. The molecule has 4 heteroatoms. The predicted molar refractivity (Wildman–Crippen MR) is 85.0 cm³/mol. The summed E-state index contributed by atoms with van der Waals surface area (Å²) in [6.07, 6.45) is 1.84. The van der Waals surface area contributed by atoms with E-state index in [9.17, 15) is 5.11 Å². The van der Waals surface area contributed by atoms with Gasteiger partial charge < -0.3 is 9.84 Å². The molecule has 0 aliphatic rings. The molecule has 0 unspecified atom stereocenters. The van der Waals surface area contributed by atoms with E-state index in [1.165, 1.54) is 0 Å². The highest BCUT2D eigenvalue weighted by Crippen LogP contribution is 2.18. The monoisotopic (exact) mass is 294 g/mol. The molecule has 0 amide bonds. The van der Waals surface area contributed by atoms with Crippen molar-refractivity contribution in [1.82, 2.24) is 9.78 Å². The lowest BCUT2D eigenvalue weighted by Crippen LogP contribution is -1.97. The number of aryl methyl sites for hydroxylation is 1. The fourth-order valence-electron chi connectivity index (χ4n) is 2.22. The van der Waals surface area contributed by atoms with Gasteiger partial charge in [-0.2, -0.15) is 5.10 Å². The largest absolute Gasteiger partial charge is 0.489 e. The van der Waals surface area contributed by atoms with Gasteiger partial charge >= 0.3 is 0 Å². The van der Waals surface area contributed by atoms with E-state index in [2.05, 4.69) is 5.10 Å². The second kappa shape index (κ2) is 6.45. The summed E-state index contributed by atoms with van der Waals surface area (Å²) >= 11 is 0. The second-order valence-corrected chi connectivity index (χ2v) is 5.11. The first-order valence-corrected chi connectivity index (χ1v) is 7.19. The van der Waals surface area contributed by atoms with Crippen molar-refractivity contribution in [2.45, 2.75) is 20.1 Å². The van der Waals surface area contributed by atoms with Crippen LogP contribution in [0.2, 0.25) is 0 Å². The van der Waals surface area contributed by atoms with E-state index in [1.54, 1.807) is 4.68 Å². The van der Waals surface area contributed by atoms with E-state index in [4.69, 9.17) is 4.74 Å². The number of nitrogens with zero attached hydrogens (tertiary/aromatic N) is 2. The van der Waals surface area contributed by atoms with Gasteiger partial charge in [0.05, 0.1) is 18.0 Å². The number of ether oxygens (including phenoxy) is 1. The van der Waals surface area contributed by atoms with Gasteiger partial charge in [0, 0.05) is 11.8 Å². The molecule has 0 aliphatic heterocycles. The van der Waals surface area contributed by atoms with Crippen LogP contribution in [-0.2, 0) is 13.2 Å². The molecule has 0 spiro atoms. The lowest BCUT2D eigenvalue weighted by Gasteiger charge is -2.07. The van der Waals surface area contributed by atoms with E-state index in [-0.39, 0.29) is 6.61 Å². The van der Waals surface area contributed by atoms with Crippen LogP contribution in [0.15, 0.2) is 60.8 Å². The first kappa shape index (κ1) is 14.4. The summed E-state index contributed by atoms with van der Waals surface area (Å²) in [4.78, 5) is 0. The Kier molecular flexibility index (Phi) is 4.21. The highest BCUT2D eigenvalue weighted by atomic mass is 16.5. The van der Waals surface area contributed by atoms with Crippen molar-refractivity contribution in [1.29, 1.82) is 0 Å². The number of hydrogen-bond donors (Lipinski definition) is 1. The van der Waals surface area contributed by atoms with Crippen LogP contribution in [0.25, 0.3) is 5.69 Å². The molecule has 3 aromatic rings. The molecule has 2 aromatic carbocycles. The summed E-state index contributed by atoms with van der Waals surface area (Å²) in [6, 6.07) is 17.8. The Bertz CT molecular complexity index is 734. The number of hydrogen-bond acceptors (Lipinski definition) is 3. The molecule has 22 heavy (non-hydrogen) atoms. The minimum atomic E-state index is 0.00407. The van der Waals surface area contributed by atoms with Crippen molar-refractivity contribution >= 4 is 0 Å². The Balaban J connectivity index is 1.69. The van der Waals surface area contributed by atoms with Gasteiger partial charge in [-0.1, -0.05) is 30.3 Å². The zero-order valence-electron chi connectivity index (χ0n) is 12.4. The van der Waals surface area contributed by atoms with Crippen LogP contribution in [0, 0.1) is 6.92 Å². The van der Waals surface area contributed by atoms with Gasteiger partial charge in [0.15, 0.2) is 0 Å². The smallest absolute Gasteiger partial charge is 0.119 e. The Morgan fingerprint density at radius 3 is 2.41 bits per heavy atom. The standard InChI is InChI=1S/C18H18N2O2/c1-14-16(12-21)11-20(19-14)17-7-9-18(10-8-17)22-13-15-5-3-2-4-6-15/h2-11,21H,12-13H2,1H3. The summed E-state index contributed by atoms with van der Waals surface area (Å²) in [5.41, 5.74) is 3.76. The van der Waals surface area contributed by atoms with Crippen LogP contribution < -0.4 is 4.74 Å². The molecule has 0 atom stereocenters. The highest BCUT2D eigenvalue weighted by Gasteiger charge is 2.05. The number of aromatic nitrogens is 2. The molecule has 0 radical (unpaired) electrons.